The molecule has 3 aromatic rings. The number of fused-ring (bicyclic) bond motifs is 1. The average Bonchev–Trinajstić information content (AvgIpc) is 3.00. The van der Waals surface area contributed by atoms with Crippen LogP contribution >= 0.6 is 0 Å². The number of carbonyl (C=O) groups is 1. The molecule has 162 valence electrons. The number of hydrogen-bond donors (Lipinski definition) is 1. The van der Waals surface area contributed by atoms with Crippen LogP contribution in [0.1, 0.15) is 44.3 Å². The van der Waals surface area contributed by atoms with Gasteiger partial charge in [-0.1, -0.05) is 47.0 Å². The largest absolute Gasteiger partial charge is 0.352 e. The molecule has 1 amide bonds. The van der Waals surface area contributed by atoms with Crippen molar-refractivity contribution in [2.24, 2.45) is 0 Å². The Morgan fingerprint density at radius 1 is 0.935 bits per heavy atom. The van der Waals surface area contributed by atoms with Crippen LogP contribution in [0.4, 0.5) is 0 Å². The van der Waals surface area contributed by atoms with Gasteiger partial charge in [0.2, 0.25) is 0 Å². The lowest BCUT2D eigenvalue weighted by Gasteiger charge is -2.20. The monoisotopic (exact) mass is 417 g/mol. The normalized spacial score (nSPS) is 14.2. The number of aromatic nitrogens is 3. The van der Waals surface area contributed by atoms with E-state index in [9.17, 15) is 4.79 Å². The maximum atomic E-state index is 12.3. The second-order valence-electron chi connectivity index (χ2n) is 8.58. The van der Waals surface area contributed by atoms with Gasteiger partial charge < -0.3 is 9.88 Å². The van der Waals surface area contributed by atoms with Crippen molar-refractivity contribution in [3.05, 3.63) is 81.9 Å². The van der Waals surface area contributed by atoms with Gasteiger partial charge in [-0.05, 0) is 38.5 Å². The third-order valence-corrected chi connectivity index (χ3v) is 5.83. The molecule has 0 atom stereocenters. The zero-order valence-electron chi connectivity index (χ0n) is 18.7. The molecular formula is C25H31N5O. The molecule has 1 N–H and O–H groups in total. The molecule has 0 radical (unpaired) electrons. The summed E-state index contributed by atoms with van der Waals surface area (Å²) in [5, 5.41) is 11.8. The molecule has 0 bridgehead atoms. The van der Waals surface area contributed by atoms with Crippen LogP contribution in [0.5, 0.6) is 0 Å². The number of nitrogens with zero attached hydrogens (tertiary/aromatic N) is 4. The Balaban J connectivity index is 1.32. The van der Waals surface area contributed by atoms with Gasteiger partial charge in [0.05, 0.1) is 0 Å². The molecule has 1 aliphatic rings. The summed E-state index contributed by atoms with van der Waals surface area (Å²) in [4.78, 5) is 14.8. The predicted molar refractivity (Wildman–Crippen MR) is 122 cm³/mol. The number of carbonyl (C=O) groups excluding carboxylic acids is 1. The summed E-state index contributed by atoms with van der Waals surface area (Å²) in [5.41, 5.74) is 5.84. The maximum Gasteiger partial charge on any atom is 0.251 e. The van der Waals surface area contributed by atoms with Gasteiger partial charge in [0.15, 0.2) is 0 Å². The topological polar surface area (TPSA) is 63.1 Å². The smallest absolute Gasteiger partial charge is 0.251 e. The Kier molecular flexibility index (Phi) is 6.47. The van der Waals surface area contributed by atoms with Crippen molar-refractivity contribution in [1.29, 1.82) is 0 Å². The Labute approximate surface area is 184 Å². The number of rotatable bonds is 6. The first-order chi connectivity index (χ1) is 15.0. The fourth-order valence-corrected chi connectivity index (χ4v) is 4.28. The molecule has 31 heavy (non-hydrogen) atoms. The van der Waals surface area contributed by atoms with E-state index in [1.165, 1.54) is 16.7 Å². The van der Waals surface area contributed by atoms with Gasteiger partial charge in [0.1, 0.15) is 11.6 Å². The molecule has 2 heterocycles. The Morgan fingerprint density at radius 3 is 2.42 bits per heavy atom. The second kappa shape index (κ2) is 9.43. The van der Waals surface area contributed by atoms with Gasteiger partial charge in [-0.25, -0.2) is 0 Å². The Hall–Kier alpha value is -2.99. The van der Waals surface area contributed by atoms with Crippen LogP contribution in [0.15, 0.2) is 42.5 Å². The van der Waals surface area contributed by atoms with Crippen LogP contribution < -0.4 is 5.32 Å². The van der Waals surface area contributed by atoms with Crippen LogP contribution in [-0.4, -0.2) is 45.2 Å². The lowest BCUT2D eigenvalue weighted by Crippen LogP contribution is -2.28. The van der Waals surface area contributed by atoms with Gasteiger partial charge >= 0.3 is 0 Å². The second-order valence-corrected chi connectivity index (χ2v) is 8.58. The molecule has 2 aromatic carbocycles. The number of aryl methyl sites for hydroxylation is 3. The third kappa shape index (κ3) is 5.39. The van der Waals surface area contributed by atoms with E-state index in [1.54, 1.807) is 0 Å². The fraction of sp³-hybridized carbons (Fsp3) is 0.400. The highest BCUT2D eigenvalue weighted by Gasteiger charge is 2.19. The Morgan fingerprint density at radius 2 is 1.68 bits per heavy atom. The zero-order chi connectivity index (χ0) is 21.8. The van der Waals surface area contributed by atoms with E-state index in [4.69, 9.17) is 0 Å². The highest BCUT2D eigenvalue weighted by Crippen LogP contribution is 2.15. The quantitative estimate of drug-likeness (QED) is 0.669. The average molecular weight is 418 g/mol. The van der Waals surface area contributed by atoms with Crippen LogP contribution in [0.25, 0.3) is 0 Å². The van der Waals surface area contributed by atoms with Gasteiger partial charge in [-0.15, -0.1) is 10.2 Å². The van der Waals surface area contributed by atoms with E-state index in [2.05, 4.69) is 57.0 Å². The van der Waals surface area contributed by atoms with Crippen LogP contribution in [0, 0.1) is 20.8 Å². The van der Waals surface area contributed by atoms with Crippen LogP contribution in [-0.2, 0) is 25.9 Å². The minimum Gasteiger partial charge on any atom is -0.352 e. The number of hydrogen-bond acceptors (Lipinski definition) is 4. The minimum absolute atomic E-state index is 0.0461. The fourth-order valence-electron chi connectivity index (χ4n) is 4.28. The van der Waals surface area contributed by atoms with E-state index in [-0.39, 0.29) is 5.91 Å². The Bertz CT molecular complexity index is 1030. The molecule has 0 unspecified atom stereocenters. The van der Waals surface area contributed by atoms with Crippen molar-refractivity contribution in [3.8, 4) is 0 Å². The standard InChI is InChI=1S/C25H31N5O/c1-18-4-6-22(7-5-18)25(31)26-10-8-23-27-28-24-9-11-29(12-13-30(23)24)17-21-15-19(2)14-20(3)16-21/h4-7,14-16H,8-13,17H2,1-3H3,(H,26,31). The molecule has 0 spiro atoms. The molecule has 0 fully saturated rings. The summed E-state index contributed by atoms with van der Waals surface area (Å²) in [7, 11) is 0. The summed E-state index contributed by atoms with van der Waals surface area (Å²) >= 11 is 0. The minimum atomic E-state index is -0.0461. The van der Waals surface area contributed by atoms with Crippen molar-refractivity contribution in [3.63, 3.8) is 0 Å². The highest BCUT2D eigenvalue weighted by molar-refractivity contribution is 5.94. The van der Waals surface area contributed by atoms with Crippen molar-refractivity contribution < 1.29 is 4.79 Å². The molecule has 6 nitrogen and oxygen atoms in total. The lowest BCUT2D eigenvalue weighted by atomic mass is 10.1. The molecule has 6 heteroatoms. The summed E-state index contributed by atoms with van der Waals surface area (Å²) in [5.74, 6) is 1.95. The van der Waals surface area contributed by atoms with E-state index >= 15 is 0 Å². The van der Waals surface area contributed by atoms with Crippen molar-refractivity contribution in [1.82, 2.24) is 25.0 Å². The molecule has 0 saturated carbocycles. The first kappa shape index (κ1) is 21.2. The lowest BCUT2D eigenvalue weighted by molar-refractivity contribution is 0.0954. The summed E-state index contributed by atoms with van der Waals surface area (Å²) in [6, 6.07) is 14.4. The first-order valence-electron chi connectivity index (χ1n) is 11.0. The van der Waals surface area contributed by atoms with Crippen LogP contribution in [0.2, 0.25) is 0 Å². The predicted octanol–water partition coefficient (Wildman–Crippen LogP) is 3.23. The van der Waals surface area contributed by atoms with Crippen molar-refractivity contribution in [2.45, 2.75) is 46.7 Å². The van der Waals surface area contributed by atoms with Crippen molar-refractivity contribution >= 4 is 5.91 Å². The first-order valence-corrected chi connectivity index (χ1v) is 11.0. The maximum absolute atomic E-state index is 12.3. The van der Waals surface area contributed by atoms with Gasteiger partial charge in [-0.3, -0.25) is 9.69 Å². The van der Waals surface area contributed by atoms with E-state index < -0.39 is 0 Å². The van der Waals surface area contributed by atoms with Crippen molar-refractivity contribution in [2.75, 3.05) is 19.6 Å². The SMILES string of the molecule is Cc1ccc(C(=O)NCCc2nnc3n2CCN(Cc2cc(C)cc(C)c2)CC3)cc1. The van der Waals surface area contributed by atoms with Crippen LogP contribution in [0.3, 0.4) is 0 Å². The summed E-state index contributed by atoms with van der Waals surface area (Å²) in [6.07, 6.45) is 1.58. The van der Waals surface area contributed by atoms with Gasteiger partial charge in [0, 0.05) is 51.1 Å². The highest BCUT2D eigenvalue weighted by atomic mass is 16.1. The number of benzene rings is 2. The third-order valence-electron chi connectivity index (χ3n) is 5.83. The molecule has 0 saturated heterocycles. The van der Waals surface area contributed by atoms with Gasteiger partial charge in [-0.2, -0.15) is 0 Å². The summed E-state index contributed by atoms with van der Waals surface area (Å²) in [6.45, 7) is 10.7. The molecule has 4 rings (SSSR count). The van der Waals surface area contributed by atoms with Gasteiger partial charge in [0.25, 0.3) is 5.91 Å². The molecule has 1 aliphatic heterocycles. The summed E-state index contributed by atoms with van der Waals surface area (Å²) < 4.78 is 2.24. The van der Waals surface area contributed by atoms with E-state index in [0.717, 1.165) is 49.8 Å². The molecule has 0 aliphatic carbocycles. The number of nitrogens with one attached hydrogen (secondary N) is 1. The molecule has 1 aromatic heterocycles. The zero-order valence-corrected chi connectivity index (χ0v) is 18.7. The molecular weight excluding hydrogens is 386 g/mol. The number of amides is 1. The van der Waals surface area contributed by atoms with E-state index in [0.29, 0.717) is 18.5 Å². The van der Waals surface area contributed by atoms with E-state index in [1.807, 2.05) is 31.2 Å².